The number of halogens is 1. The predicted molar refractivity (Wildman–Crippen MR) is 107 cm³/mol. The van der Waals surface area contributed by atoms with E-state index in [2.05, 4.69) is 14.6 Å². The molecule has 1 amide bonds. The number of aromatic hydroxyl groups is 1. The Morgan fingerprint density at radius 3 is 2.44 bits per heavy atom. The van der Waals surface area contributed by atoms with Crippen LogP contribution in [0.3, 0.4) is 0 Å². The van der Waals surface area contributed by atoms with E-state index in [9.17, 15) is 14.3 Å². The van der Waals surface area contributed by atoms with Gasteiger partial charge in [0, 0.05) is 17.4 Å². The average Bonchev–Trinajstić information content (AvgIpc) is 2.67. The van der Waals surface area contributed by atoms with E-state index in [1.54, 1.807) is 18.2 Å². The monoisotopic (exact) mass is 389 g/mol. The van der Waals surface area contributed by atoms with Crippen LogP contribution in [0.1, 0.15) is 36.0 Å². The molecule has 2 aromatic carbocycles. The summed E-state index contributed by atoms with van der Waals surface area (Å²) in [7, 11) is 2.51. The van der Waals surface area contributed by atoms with Gasteiger partial charge in [0.2, 0.25) is 0 Å². The standard InChI is InChI=1S/C21H25FNO3P/c22-18-2-1-3-19(27)20(18)26-13-15-6-4-14(5-7-15)12-23-21(25)16-8-10-17(24)11-9-16/h1-3,8-11,14-15,24H,4-7,12-13,27H2,(H,23,25). The van der Waals surface area contributed by atoms with Gasteiger partial charge >= 0.3 is 0 Å². The minimum Gasteiger partial charge on any atom is -0.508 e. The molecule has 2 N–H and O–H groups in total. The molecule has 27 heavy (non-hydrogen) atoms. The summed E-state index contributed by atoms with van der Waals surface area (Å²) >= 11 is 0. The smallest absolute Gasteiger partial charge is 0.251 e. The molecular weight excluding hydrogens is 364 g/mol. The van der Waals surface area contributed by atoms with Crippen molar-refractivity contribution in [1.82, 2.24) is 5.32 Å². The summed E-state index contributed by atoms with van der Waals surface area (Å²) in [6.45, 7) is 1.17. The lowest BCUT2D eigenvalue weighted by molar-refractivity contribution is 0.0938. The average molecular weight is 389 g/mol. The van der Waals surface area contributed by atoms with Crippen LogP contribution in [-0.2, 0) is 0 Å². The first-order valence-electron chi connectivity index (χ1n) is 9.27. The summed E-state index contributed by atoms with van der Waals surface area (Å²) < 4.78 is 19.5. The fourth-order valence-corrected chi connectivity index (χ4v) is 3.77. The number of amides is 1. The first-order chi connectivity index (χ1) is 13.0. The predicted octanol–water partition coefficient (Wildman–Crippen LogP) is 3.65. The van der Waals surface area contributed by atoms with Crippen molar-refractivity contribution in [2.45, 2.75) is 25.7 Å². The summed E-state index contributed by atoms with van der Waals surface area (Å²) in [5.41, 5.74) is 0.549. The molecule has 1 atom stereocenters. The second-order valence-electron chi connectivity index (χ2n) is 7.11. The zero-order chi connectivity index (χ0) is 19.2. The van der Waals surface area contributed by atoms with Gasteiger partial charge in [-0.05, 0) is 67.9 Å². The summed E-state index contributed by atoms with van der Waals surface area (Å²) in [6, 6.07) is 11.1. The minimum atomic E-state index is -0.326. The molecule has 0 spiro atoms. The Labute approximate surface area is 161 Å². The number of hydrogen-bond donors (Lipinski definition) is 2. The van der Waals surface area contributed by atoms with E-state index >= 15 is 0 Å². The SMILES string of the molecule is O=C(NCC1CCC(COc2c(F)cccc2P)CC1)c1ccc(O)cc1. The van der Waals surface area contributed by atoms with E-state index in [1.165, 1.54) is 18.2 Å². The number of nitrogens with one attached hydrogen (secondary N) is 1. The highest BCUT2D eigenvalue weighted by Gasteiger charge is 2.23. The van der Waals surface area contributed by atoms with Crippen molar-refractivity contribution in [1.29, 1.82) is 0 Å². The van der Waals surface area contributed by atoms with E-state index in [0.717, 1.165) is 31.0 Å². The quantitative estimate of drug-likeness (QED) is 0.742. The lowest BCUT2D eigenvalue weighted by atomic mass is 9.82. The second kappa shape index (κ2) is 9.18. The first kappa shape index (κ1) is 19.6. The zero-order valence-corrected chi connectivity index (χ0v) is 16.3. The van der Waals surface area contributed by atoms with Crippen LogP contribution < -0.4 is 15.4 Å². The first-order valence-corrected chi connectivity index (χ1v) is 9.84. The third-order valence-electron chi connectivity index (χ3n) is 5.11. The van der Waals surface area contributed by atoms with E-state index in [-0.39, 0.29) is 17.5 Å². The fraction of sp³-hybridized carbons (Fsp3) is 0.381. The van der Waals surface area contributed by atoms with Gasteiger partial charge in [-0.2, -0.15) is 0 Å². The maximum atomic E-state index is 13.8. The molecule has 0 saturated heterocycles. The molecule has 4 nitrogen and oxygen atoms in total. The van der Waals surface area contributed by atoms with Crippen molar-refractivity contribution in [3.05, 3.63) is 53.8 Å². The molecule has 0 radical (unpaired) electrons. The summed E-state index contributed by atoms with van der Waals surface area (Å²) in [6.07, 6.45) is 4.07. The number of para-hydroxylation sites is 1. The van der Waals surface area contributed by atoms with Crippen molar-refractivity contribution < 1.29 is 19.0 Å². The number of phenolic OH excluding ortho intramolecular Hbond substituents is 1. The zero-order valence-electron chi connectivity index (χ0n) is 15.2. The number of carbonyl (C=O) groups is 1. The van der Waals surface area contributed by atoms with Crippen molar-refractivity contribution in [2.24, 2.45) is 11.8 Å². The summed E-state index contributed by atoms with van der Waals surface area (Å²) in [4.78, 5) is 12.1. The number of benzene rings is 2. The van der Waals surface area contributed by atoms with Crippen LogP contribution >= 0.6 is 9.24 Å². The number of hydrogen-bond acceptors (Lipinski definition) is 3. The van der Waals surface area contributed by atoms with Crippen LogP contribution in [0.4, 0.5) is 4.39 Å². The molecule has 3 rings (SSSR count). The number of carbonyl (C=O) groups excluding carboxylic acids is 1. The van der Waals surface area contributed by atoms with Crippen molar-refractivity contribution in [3.8, 4) is 11.5 Å². The van der Waals surface area contributed by atoms with Gasteiger partial charge < -0.3 is 15.2 Å². The normalized spacial score (nSPS) is 19.5. The Hall–Kier alpha value is -2.13. The maximum Gasteiger partial charge on any atom is 0.251 e. The lowest BCUT2D eigenvalue weighted by Crippen LogP contribution is -2.32. The van der Waals surface area contributed by atoms with Gasteiger partial charge in [-0.3, -0.25) is 4.79 Å². The van der Waals surface area contributed by atoms with Gasteiger partial charge in [-0.25, -0.2) is 4.39 Å². The van der Waals surface area contributed by atoms with Crippen LogP contribution in [0.5, 0.6) is 11.5 Å². The molecule has 0 bridgehead atoms. The highest BCUT2D eigenvalue weighted by molar-refractivity contribution is 7.27. The van der Waals surface area contributed by atoms with Crippen molar-refractivity contribution in [2.75, 3.05) is 13.2 Å². The van der Waals surface area contributed by atoms with Crippen LogP contribution in [0.15, 0.2) is 42.5 Å². The molecule has 1 aliphatic rings. The van der Waals surface area contributed by atoms with E-state index in [0.29, 0.717) is 36.3 Å². The van der Waals surface area contributed by atoms with Gasteiger partial charge in [0.15, 0.2) is 11.6 Å². The van der Waals surface area contributed by atoms with Crippen molar-refractivity contribution in [3.63, 3.8) is 0 Å². The Morgan fingerprint density at radius 1 is 1.11 bits per heavy atom. The number of phenols is 1. The molecular formula is C21H25FNO3P. The van der Waals surface area contributed by atoms with E-state index < -0.39 is 0 Å². The van der Waals surface area contributed by atoms with Crippen LogP contribution in [0.2, 0.25) is 0 Å². The summed E-state index contributed by atoms with van der Waals surface area (Å²) in [5.74, 6) is 0.897. The van der Waals surface area contributed by atoms with Crippen molar-refractivity contribution >= 4 is 20.5 Å². The third kappa shape index (κ3) is 5.43. The molecule has 2 aromatic rings. The third-order valence-corrected chi connectivity index (χ3v) is 5.56. The highest BCUT2D eigenvalue weighted by Crippen LogP contribution is 2.29. The van der Waals surface area contributed by atoms with Gasteiger partial charge in [0.1, 0.15) is 5.75 Å². The number of ether oxygens (including phenoxy) is 1. The van der Waals surface area contributed by atoms with Gasteiger partial charge in [-0.15, -0.1) is 9.24 Å². The van der Waals surface area contributed by atoms with Crippen LogP contribution in [0.25, 0.3) is 0 Å². The van der Waals surface area contributed by atoms with Gasteiger partial charge in [-0.1, -0.05) is 12.1 Å². The van der Waals surface area contributed by atoms with Crippen LogP contribution in [0, 0.1) is 17.7 Å². The van der Waals surface area contributed by atoms with Gasteiger partial charge in [0.05, 0.1) is 6.61 Å². The molecule has 144 valence electrons. The molecule has 1 fully saturated rings. The topological polar surface area (TPSA) is 58.6 Å². The molecule has 0 heterocycles. The molecule has 1 saturated carbocycles. The minimum absolute atomic E-state index is 0.118. The van der Waals surface area contributed by atoms with Gasteiger partial charge in [0.25, 0.3) is 5.91 Å². The van der Waals surface area contributed by atoms with E-state index in [1.807, 2.05) is 6.07 Å². The molecule has 6 heteroatoms. The Morgan fingerprint density at radius 2 is 1.78 bits per heavy atom. The largest absolute Gasteiger partial charge is 0.508 e. The van der Waals surface area contributed by atoms with Crippen LogP contribution in [-0.4, -0.2) is 24.2 Å². The lowest BCUT2D eigenvalue weighted by Gasteiger charge is -2.28. The summed E-state index contributed by atoms with van der Waals surface area (Å²) in [5, 5.41) is 13.0. The fourth-order valence-electron chi connectivity index (χ4n) is 3.43. The number of rotatable bonds is 6. The molecule has 1 aliphatic carbocycles. The Balaban J connectivity index is 1.40. The molecule has 1 unspecified atom stereocenters. The van der Waals surface area contributed by atoms with E-state index in [4.69, 9.17) is 4.74 Å². The Kier molecular flexibility index (Phi) is 6.68. The maximum absolute atomic E-state index is 13.8. The Bertz CT molecular complexity index is 753. The highest BCUT2D eigenvalue weighted by atomic mass is 31.0. The second-order valence-corrected chi connectivity index (χ2v) is 7.73. The molecule has 0 aliphatic heterocycles. The molecule has 0 aromatic heterocycles.